The summed E-state index contributed by atoms with van der Waals surface area (Å²) in [7, 11) is 3.74. The number of para-hydroxylation sites is 1. The molecule has 4 aromatic rings. The molecule has 0 unspecified atom stereocenters. The number of benzene rings is 4. The zero-order valence-electron chi connectivity index (χ0n) is 44.0. The summed E-state index contributed by atoms with van der Waals surface area (Å²) in [5.74, 6) is 2.45. The van der Waals surface area contributed by atoms with Gasteiger partial charge in [0.2, 0.25) is 0 Å². The van der Waals surface area contributed by atoms with Crippen LogP contribution in [0.5, 0.6) is 17.2 Å². The summed E-state index contributed by atoms with van der Waals surface area (Å²) in [6.45, 7) is 35.0. The molecule has 8 rings (SSSR count). The van der Waals surface area contributed by atoms with E-state index in [1.165, 1.54) is 5.56 Å². The molecule has 15 heteroatoms. The van der Waals surface area contributed by atoms with Crippen LogP contribution in [0.25, 0.3) is 0 Å². The molecule has 4 saturated heterocycles. The van der Waals surface area contributed by atoms with Gasteiger partial charge in [0.15, 0.2) is 0 Å². The number of ether oxygens (including phenoxy) is 3. The van der Waals surface area contributed by atoms with Crippen molar-refractivity contribution in [3.63, 3.8) is 0 Å². The van der Waals surface area contributed by atoms with Crippen molar-refractivity contribution in [2.24, 2.45) is 0 Å². The van der Waals surface area contributed by atoms with Gasteiger partial charge in [0.05, 0.1) is 66.1 Å². The van der Waals surface area contributed by atoms with E-state index in [0.717, 1.165) is 39.1 Å². The standard InChI is InChI=1S/3C13H19BO3.C13H19BO2/c1-12(2)13(3,4)17-14(16-12)10-6-8-11(15-5)9-7-10;1-12(2)13(3,4)17-14(16-12)10-7-6-8-11(9-10)15-5;1-12(2)13(3,4)17-14(16-12)10-8-6-7-9-11(10)15-5;1-10-8-6-7-9-11(10)14-15-12(2,3)13(4,5)16-14/h3*6-9H,1-5H3;6-9H,1-5H3. The number of hydrogen-bond donors (Lipinski definition) is 0. The summed E-state index contributed by atoms with van der Waals surface area (Å²) in [4.78, 5) is 0. The highest BCUT2D eigenvalue weighted by Crippen LogP contribution is 2.40. The molecule has 0 aliphatic carbocycles. The third-order valence-electron chi connectivity index (χ3n) is 14.6. The molecule has 67 heavy (non-hydrogen) atoms. The lowest BCUT2D eigenvalue weighted by atomic mass is 9.76. The lowest BCUT2D eigenvalue weighted by Gasteiger charge is -2.32. The van der Waals surface area contributed by atoms with E-state index in [1.54, 1.807) is 21.3 Å². The summed E-state index contributed by atoms with van der Waals surface area (Å²) < 4.78 is 63.5. The molecular weight excluding hydrogens is 844 g/mol. The van der Waals surface area contributed by atoms with Crippen molar-refractivity contribution in [3.8, 4) is 17.2 Å². The Labute approximate surface area is 404 Å². The van der Waals surface area contributed by atoms with Crippen LogP contribution < -0.4 is 36.1 Å². The maximum atomic E-state index is 6.01. The highest BCUT2D eigenvalue weighted by molar-refractivity contribution is 6.64. The summed E-state index contributed by atoms with van der Waals surface area (Å²) >= 11 is 0. The second-order valence-electron chi connectivity index (χ2n) is 21.5. The molecule has 0 aromatic heterocycles. The van der Waals surface area contributed by atoms with Crippen LogP contribution in [-0.4, -0.2) is 94.6 Å². The first kappa shape index (κ1) is 54.2. The van der Waals surface area contributed by atoms with E-state index in [1.807, 2.05) is 140 Å². The van der Waals surface area contributed by atoms with Crippen molar-refractivity contribution >= 4 is 50.3 Å². The molecule has 0 radical (unpaired) electrons. The molecule has 0 N–H and O–H groups in total. The fraction of sp³-hybridized carbons (Fsp3) is 0.538. The molecule has 0 atom stereocenters. The lowest BCUT2D eigenvalue weighted by molar-refractivity contribution is 0.00578. The van der Waals surface area contributed by atoms with Gasteiger partial charge >= 0.3 is 28.5 Å². The monoisotopic (exact) mass is 921 g/mol. The Balaban J connectivity index is 0.000000167. The van der Waals surface area contributed by atoms with Crippen LogP contribution in [-0.2, 0) is 37.2 Å². The third kappa shape index (κ3) is 12.2. The second-order valence-corrected chi connectivity index (χ2v) is 21.5. The van der Waals surface area contributed by atoms with Crippen molar-refractivity contribution in [1.29, 1.82) is 0 Å². The Morgan fingerprint density at radius 2 is 0.687 bits per heavy atom. The maximum absolute atomic E-state index is 6.01. The molecule has 0 spiro atoms. The minimum Gasteiger partial charge on any atom is -0.497 e. The molecule has 4 heterocycles. The van der Waals surface area contributed by atoms with Gasteiger partial charge in [-0.25, -0.2) is 0 Å². The first-order valence-corrected chi connectivity index (χ1v) is 23.3. The predicted octanol–water partition coefficient (Wildman–Crippen LogP) is 8.28. The molecule has 362 valence electrons. The van der Waals surface area contributed by atoms with Crippen molar-refractivity contribution < 1.29 is 51.4 Å². The summed E-state index contributed by atoms with van der Waals surface area (Å²) in [6.07, 6.45) is 0. The number of aryl methyl sites for hydroxylation is 1. The molecule has 0 bridgehead atoms. The van der Waals surface area contributed by atoms with E-state index >= 15 is 0 Å². The first-order chi connectivity index (χ1) is 30.9. The van der Waals surface area contributed by atoms with Crippen LogP contribution >= 0.6 is 0 Å². The minimum absolute atomic E-state index is 0.244. The molecule has 0 saturated carbocycles. The van der Waals surface area contributed by atoms with E-state index in [9.17, 15) is 0 Å². The van der Waals surface area contributed by atoms with E-state index in [0.29, 0.717) is 0 Å². The topological polar surface area (TPSA) is 102 Å². The van der Waals surface area contributed by atoms with Gasteiger partial charge in [0.1, 0.15) is 17.2 Å². The van der Waals surface area contributed by atoms with E-state index in [2.05, 4.69) is 74.4 Å². The average Bonchev–Trinajstić information content (AvgIpc) is 3.81. The predicted molar refractivity (Wildman–Crippen MR) is 273 cm³/mol. The SMILES string of the molecule is COc1ccc(B2OC(C)(C)C(C)(C)O2)cc1.COc1cccc(B2OC(C)(C)C(C)(C)O2)c1.COc1ccccc1B1OC(C)(C)C(C)(C)O1.Cc1ccccc1B1OC(C)(C)C(C)(C)O1. The third-order valence-corrected chi connectivity index (χ3v) is 14.6. The fourth-order valence-electron chi connectivity index (χ4n) is 7.16. The highest BCUT2D eigenvalue weighted by Gasteiger charge is 2.55. The Morgan fingerprint density at radius 1 is 0.328 bits per heavy atom. The van der Waals surface area contributed by atoms with Crippen LogP contribution in [0, 0.1) is 6.92 Å². The minimum atomic E-state index is -0.365. The van der Waals surface area contributed by atoms with Gasteiger partial charge in [-0.3, -0.25) is 0 Å². The Hall–Kier alpha value is -3.78. The molecule has 0 amide bonds. The zero-order valence-corrected chi connectivity index (χ0v) is 44.0. The molecule has 11 nitrogen and oxygen atoms in total. The molecule has 4 aromatic carbocycles. The number of hydrogen-bond acceptors (Lipinski definition) is 11. The smallest absolute Gasteiger partial charge is 0.497 e. The average molecular weight is 920 g/mol. The van der Waals surface area contributed by atoms with Crippen LogP contribution in [0.15, 0.2) is 97.1 Å². The molecular formula is C52H76B4O11. The van der Waals surface area contributed by atoms with E-state index in [4.69, 9.17) is 51.4 Å². The van der Waals surface area contributed by atoms with Crippen molar-refractivity contribution in [2.45, 2.75) is 163 Å². The van der Waals surface area contributed by atoms with E-state index in [-0.39, 0.29) is 73.3 Å². The van der Waals surface area contributed by atoms with Crippen LogP contribution in [0.2, 0.25) is 0 Å². The van der Waals surface area contributed by atoms with Gasteiger partial charge in [0.25, 0.3) is 0 Å². The van der Waals surface area contributed by atoms with Gasteiger partial charge in [-0.15, -0.1) is 0 Å². The normalized spacial score (nSPS) is 21.8. The van der Waals surface area contributed by atoms with Gasteiger partial charge in [-0.05, 0) is 164 Å². The largest absolute Gasteiger partial charge is 0.498 e. The van der Waals surface area contributed by atoms with Gasteiger partial charge in [-0.2, -0.15) is 0 Å². The Bertz CT molecular complexity index is 2190. The first-order valence-electron chi connectivity index (χ1n) is 23.3. The summed E-state index contributed by atoms with van der Waals surface area (Å²) in [5, 5.41) is 0. The van der Waals surface area contributed by atoms with Gasteiger partial charge in [0, 0.05) is 5.46 Å². The lowest BCUT2D eigenvalue weighted by Crippen LogP contribution is -2.41. The quantitative estimate of drug-likeness (QED) is 0.168. The summed E-state index contributed by atoms with van der Waals surface area (Å²) in [5.41, 5.74) is 2.91. The number of methoxy groups -OCH3 is 3. The molecule has 4 aliphatic rings. The Morgan fingerprint density at radius 3 is 1.09 bits per heavy atom. The van der Waals surface area contributed by atoms with Crippen molar-refractivity contribution in [3.05, 3.63) is 103 Å². The van der Waals surface area contributed by atoms with E-state index < -0.39 is 0 Å². The fourth-order valence-corrected chi connectivity index (χ4v) is 7.16. The summed E-state index contributed by atoms with van der Waals surface area (Å²) in [6, 6.07) is 31.6. The zero-order chi connectivity index (χ0) is 50.0. The van der Waals surface area contributed by atoms with Gasteiger partial charge in [-0.1, -0.05) is 72.3 Å². The second kappa shape index (κ2) is 20.3. The van der Waals surface area contributed by atoms with Crippen LogP contribution in [0.1, 0.15) is 116 Å². The van der Waals surface area contributed by atoms with Gasteiger partial charge < -0.3 is 51.4 Å². The Kier molecular flexibility index (Phi) is 16.4. The molecule has 4 fully saturated rings. The molecule has 4 aliphatic heterocycles. The number of rotatable bonds is 7. The highest BCUT2D eigenvalue weighted by atomic mass is 16.7. The van der Waals surface area contributed by atoms with Crippen LogP contribution in [0.3, 0.4) is 0 Å². The van der Waals surface area contributed by atoms with Crippen molar-refractivity contribution in [2.75, 3.05) is 21.3 Å². The van der Waals surface area contributed by atoms with Crippen LogP contribution in [0.4, 0.5) is 0 Å². The van der Waals surface area contributed by atoms with Crippen molar-refractivity contribution in [1.82, 2.24) is 0 Å². The maximum Gasteiger partial charge on any atom is 0.498 e.